The lowest BCUT2D eigenvalue weighted by Gasteiger charge is -2.26. The minimum Gasteiger partial charge on any atom is -0.393 e. The summed E-state index contributed by atoms with van der Waals surface area (Å²) >= 11 is 0. The van der Waals surface area contributed by atoms with Gasteiger partial charge in [0, 0.05) is 32.4 Å². The van der Waals surface area contributed by atoms with Gasteiger partial charge in [-0.05, 0) is 43.2 Å². The van der Waals surface area contributed by atoms with Crippen LogP contribution < -0.4 is 10.2 Å². The Labute approximate surface area is 128 Å². The molecule has 118 valence electrons. The van der Waals surface area contributed by atoms with Crippen molar-refractivity contribution in [3.8, 4) is 0 Å². The van der Waals surface area contributed by atoms with Gasteiger partial charge in [-0.15, -0.1) is 0 Å². The van der Waals surface area contributed by atoms with Crippen molar-refractivity contribution in [2.75, 3.05) is 24.5 Å². The van der Waals surface area contributed by atoms with Gasteiger partial charge in [-0.25, -0.2) is 4.98 Å². The highest BCUT2D eigenvalue weighted by Gasteiger charge is 2.19. The molecule has 1 aromatic rings. The van der Waals surface area contributed by atoms with Crippen LogP contribution in [0.5, 0.6) is 0 Å². The molecule has 0 radical (unpaired) electrons. The topological polar surface area (TPSA) is 48.4 Å². The molecule has 1 aliphatic heterocycles. The average Bonchev–Trinajstić information content (AvgIpc) is 2.91. The number of aromatic nitrogens is 1. The van der Waals surface area contributed by atoms with Gasteiger partial charge in [-0.1, -0.05) is 19.9 Å². The van der Waals surface area contributed by atoms with E-state index in [4.69, 9.17) is 0 Å². The largest absolute Gasteiger partial charge is 0.393 e. The van der Waals surface area contributed by atoms with Gasteiger partial charge in [0.25, 0.3) is 0 Å². The lowest BCUT2D eigenvalue weighted by molar-refractivity contribution is 0.128. The molecule has 1 aliphatic rings. The van der Waals surface area contributed by atoms with Crippen LogP contribution in [0.3, 0.4) is 0 Å². The van der Waals surface area contributed by atoms with Crippen molar-refractivity contribution in [1.82, 2.24) is 10.3 Å². The van der Waals surface area contributed by atoms with Crippen molar-refractivity contribution in [2.24, 2.45) is 5.41 Å². The summed E-state index contributed by atoms with van der Waals surface area (Å²) in [6, 6.07) is 4.29. The van der Waals surface area contributed by atoms with Gasteiger partial charge < -0.3 is 15.3 Å². The summed E-state index contributed by atoms with van der Waals surface area (Å²) in [7, 11) is 0. The third kappa shape index (κ3) is 5.29. The zero-order valence-corrected chi connectivity index (χ0v) is 13.6. The first kappa shape index (κ1) is 16.2. The second kappa shape index (κ2) is 7.23. The van der Waals surface area contributed by atoms with E-state index in [0.29, 0.717) is 0 Å². The van der Waals surface area contributed by atoms with Crippen LogP contribution in [0.4, 0.5) is 5.82 Å². The first-order chi connectivity index (χ1) is 9.96. The maximum Gasteiger partial charge on any atom is 0.128 e. The minimum atomic E-state index is -0.247. The normalized spacial score (nSPS) is 17.2. The summed E-state index contributed by atoms with van der Waals surface area (Å²) in [4.78, 5) is 6.92. The van der Waals surface area contributed by atoms with E-state index in [0.717, 1.165) is 38.4 Å². The molecule has 0 bridgehead atoms. The summed E-state index contributed by atoms with van der Waals surface area (Å²) in [5.41, 5.74) is 1.32. The maximum atomic E-state index is 9.50. The fraction of sp³-hybridized carbons (Fsp3) is 0.706. The molecule has 4 heteroatoms. The van der Waals surface area contributed by atoms with Crippen LogP contribution in [0.1, 0.15) is 45.6 Å². The van der Waals surface area contributed by atoms with Crippen LogP contribution in [-0.2, 0) is 6.54 Å². The van der Waals surface area contributed by atoms with Crippen LogP contribution >= 0.6 is 0 Å². The lowest BCUT2D eigenvalue weighted by atomic mass is 9.87. The monoisotopic (exact) mass is 291 g/mol. The molecule has 1 atom stereocenters. The number of rotatable bonds is 7. The molecule has 0 saturated carbocycles. The molecule has 0 amide bonds. The number of pyridine rings is 1. The van der Waals surface area contributed by atoms with Crippen LogP contribution in [0.2, 0.25) is 0 Å². The smallest absolute Gasteiger partial charge is 0.128 e. The highest BCUT2D eigenvalue weighted by atomic mass is 16.3. The zero-order valence-electron chi connectivity index (χ0n) is 13.6. The van der Waals surface area contributed by atoms with E-state index in [2.05, 4.69) is 41.2 Å². The number of anilines is 1. The first-order valence-corrected chi connectivity index (χ1v) is 8.05. The van der Waals surface area contributed by atoms with Gasteiger partial charge >= 0.3 is 0 Å². The second-order valence-corrected chi connectivity index (χ2v) is 7.04. The summed E-state index contributed by atoms with van der Waals surface area (Å²) in [6.45, 7) is 10.2. The fourth-order valence-electron chi connectivity index (χ4n) is 3.07. The van der Waals surface area contributed by atoms with Gasteiger partial charge in [0.1, 0.15) is 5.82 Å². The molecule has 0 aliphatic carbocycles. The molecule has 1 fully saturated rings. The summed E-state index contributed by atoms with van der Waals surface area (Å²) in [6.07, 6.45) is 5.10. The van der Waals surface area contributed by atoms with E-state index in [-0.39, 0.29) is 11.5 Å². The third-order valence-electron chi connectivity index (χ3n) is 4.02. The SMILES string of the molecule is CC(O)CC(C)(C)CNCc1ccc(N2CCCC2)nc1. The van der Waals surface area contributed by atoms with Crippen molar-refractivity contribution in [3.05, 3.63) is 23.9 Å². The highest BCUT2D eigenvalue weighted by molar-refractivity contribution is 5.40. The van der Waals surface area contributed by atoms with Crippen LogP contribution in [0.25, 0.3) is 0 Å². The Balaban J connectivity index is 1.78. The van der Waals surface area contributed by atoms with Crippen LogP contribution in [-0.4, -0.2) is 35.8 Å². The summed E-state index contributed by atoms with van der Waals surface area (Å²) < 4.78 is 0. The van der Waals surface area contributed by atoms with Crippen LogP contribution in [0.15, 0.2) is 18.3 Å². The molecule has 1 unspecified atom stereocenters. The number of hydrogen-bond acceptors (Lipinski definition) is 4. The molecule has 0 spiro atoms. The van der Waals surface area contributed by atoms with Gasteiger partial charge in [0.15, 0.2) is 0 Å². The number of aliphatic hydroxyl groups excluding tert-OH is 1. The Kier molecular flexibility index (Phi) is 5.59. The lowest BCUT2D eigenvalue weighted by Crippen LogP contribution is -2.31. The van der Waals surface area contributed by atoms with Gasteiger partial charge in [-0.2, -0.15) is 0 Å². The summed E-state index contributed by atoms with van der Waals surface area (Å²) in [5.74, 6) is 1.10. The number of nitrogens with one attached hydrogen (secondary N) is 1. The standard InChI is InChI=1S/C17H29N3O/c1-14(21)10-17(2,3)13-18-11-15-6-7-16(19-12-15)20-8-4-5-9-20/h6-7,12,14,18,21H,4-5,8-11,13H2,1-3H3. The Morgan fingerprint density at radius 3 is 2.62 bits per heavy atom. The molecule has 1 aromatic heterocycles. The van der Waals surface area contributed by atoms with Crippen LogP contribution in [0, 0.1) is 5.41 Å². The predicted molar refractivity (Wildman–Crippen MR) is 87.5 cm³/mol. The number of aliphatic hydroxyl groups is 1. The Hall–Kier alpha value is -1.13. The van der Waals surface area contributed by atoms with Crippen molar-refractivity contribution < 1.29 is 5.11 Å². The van der Waals surface area contributed by atoms with E-state index < -0.39 is 0 Å². The fourth-order valence-corrected chi connectivity index (χ4v) is 3.07. The van der Waals surface area contributed by atoms with E-state index in [1.54, 1.807) is 0 Å². The van der Waals surface area contributed by atoms with Crippen molar-refractivity contribution in [2.45, 2.75) is 52.7 Å². The van der Waals surface area contributed by atoms with E-state index in [1.165, 1.54) is 18.4 Å². The third-order valence-corrected chi connectivity index (χ3v) is 4.02. The predicted octanol–water partition coefficient (Wildman–Crippen LogP) is 2.57. The zero-order chi connectivity index (χ0) is 15.3. The molecular weight excluding hydrogens is 262 g/mol. The molecule has 2 heterocycles. The van der Waals surface area contributed by atoms with Crippen molar-refractivity contribution in [1.29, 1.82) is 0 Å². The molecule has 2 N–H and O–H groups in total. The van der Waals surface area contributed by atoms with E-state index in [9.17, 15) is 5.11 Å². The van der Waals surface area contributed by atoms with E-state index >= 15 is 0 Å². The Morgan fingerprint density at radius 2 is 2.05 bits per heavy atom. The summed E-state index contributed by atoms with van der Waals surface area (Å²) in [5, 5.41) is 13.0. The molecule has 4 nitrogen and oxygen atoms in total. The highest BCUT2D eigenvalue weighted by Crippen LogP contribution is 2.21. The first-order valence-electron chi connectivity index (χ1n) is 8.05. The van der Waals surface area contributed by atoms with Gasteiger partial charge in [-0.3, -0.25) is 0 Å². The Morgan fingerprint density at radius 1 is 1.33 bits per heavy atom. The minimum absolute atomic E-state index is 0.108. The van der Waals surface area contributed by atoms with Crippen molar-refractivity contribution in [3.63, 3.8) is 0 Å². The van der Waals surface area contributed by atoms with E-state index in [1.807, 2.05) is 13.1 Å². The molecule has 2 rings (SSSR count). The van der Waals surface area contributed by atoms with Gasteiger partial charge in [0.2, 0.25) is 0 Å². The molecule has 21 heavy (non-hydrogen) atoms. The molecule has 1 saturated heterocycles. The quantitative estimate of drug-likeness (QED) is 0.810. The maximum absolute atomic E-state index is 9.50. The van der Waals surface area contributed by atoms with Crippen molar-refractivity contribution >= 4 is 5.82 Å². The van der Waals surface area contributed by atoms with Gasteiger partial charge in [0.05, 0.1) is 6.10 Å². The number of nitrogens with zero attached hydrogens (tertiary/aromatic N) is 2. The average molecular weight is 291 g/mol. The Bertz CT molecular complexity index is 422. The second-order valence-electron chi connectivity index (χ2n) is 7.04. The number of hydrogen-bond donors (Lipinski definition) is 2. The molecule has 0 aromatic carbocycles. The molecular formula is C17H29N3O.